The highest BCUT2D eigenvalue weighted by Gasteiger charge is 2.14. The van der Waals surface area contributed by atoms with Crippen LogP contribution in [-0.4, -0.2) is 12.5 Å². The van der Waals surface area contributed by atoms with E-state index in [0.29, 0.717) is 18.0 Å². The first-order valence-electron chi connectivity index (χ1n) is 6.45. The fourth-order valence-electron chi connectivity index (χ4n) is 1.86. The molecule has 0 heterocycles. The largest absolute Gasteiger partial charge is 0.494 e. The third-order valence-corrected chi connectivity index (χ3v) is 2.83. The van der Waals surface area contributed by atoms with Crippen molar-refractivity contribution >= 4 is 17.3 Å². The molecule has 0 aliphatic heterocycles. The number of nitrogens with two attached hydrogens (primary N) is 1. The van der Waals surface area contributed by atoms with E-state index in [1.165, 1.54) is 18.2 Å². The Morgan fingerprint density at radius 3 is 2.57 bits per heavy atom. The first-order chi connectivity index (χ1) is 10.2. The maximum atomic E-state index is 13.5. The lowest BCUT2D eigenvalue weighted by molar-refractivity contribution is 0.102. The van der Waals surface area contributed by atoms with E-state index in [1.54, 1.807) is 24.3 Å². The van der Waals surface area contributed by atoms with Crippen LogP contribution in [0.5, 0.6) is 5.75 Å². The number of hydrogen-bond acceptors (Lipinski definition) is 4. The summed E-state index contributed by atoms with van der Waals surface area (Å²) in [5, 5.41) is 2.67. The highest BCUT2D eigenvalue weighted by Crippen LogP contribution is 2.21. The number of nitrogens with one attached hydrogen (secondary N) is 2. The van der Waals surface area contributed by atoms with Gasteiger partial charge in [0.15, 0.2) is 0 Å². The van der Waals surface area contributed by atoms with Crippen LogP contribution in [0.1, 0.15) is 17.3 Å². The van der Waals surface area contributed by atoms with Crippen LogP contribution < -0.4 is 21.3 Å². The molecule has 0 saturated carbocycles. The van der Waals surface area contributed by atoms with Crippen molar-refractivity contribution in [3.05, 3.63) is 53.8 Å². The van der Waals surface area contributed by atoms with E-state index in [2.05, 4.69) is 10.7 Å². The van der Waals surface area contributed by atoms with Gasteiger partial charge in [0.25, 0.3) is 5.91 Å². The average molecular weight is 289 g/mol. The van der Waals surface area contributed by atoms with Gasteiger partial charge in [0.2, 0.25) is 0 Å². The first kappa shape index (κ1) is 14.8. The fraction of sp³-hybridized carbons (Fsp3) is 0.133. The third kappa shape index (κ3) is 3.49. The Balaban J connectivity index is 2.16. The van der Waals surface area contributed by atoms with E-state index in [9.17, 15) is 9.18 Å². The zero-order chi connectivity index (χ0) is 15.2. The van der Waals surface area contributed by atoms with E-state index in [4.69, 9.17) is 10.6 Å². The minimum Gasteiger partial charge on any atom is -0.494 e. The molecule has 110 valence electrons. The molecule has 0 aromatic heterocycles. The van der Waals surface area contributed by atoms with E-state index < -0.39 is 11.7 Å². The summed E-state index contributed by atoms with van der Waals surface area (Å²) in [5.74, 6) is 4.92. The Hall–Kier alpha value is -2.60. The molecule has 0 aliphatic carbocycles. The zero-order valence-electron chi connectivity index (χ0n) is 11.5. The van der Waals surface area contributed by atoms with Crippen LogP contribution in [-0.2, 0) is 0 Å². The second kappa shape index (κ2) is 6.71. The van der Waals surface area contributed by atoms with Gasteiger partial charge in [0.1, 0.15) is 11.6 Å². The SMILES string of the molecule is CCOc1ccc(NC(=O)c2cccc(F)c2NN)cc1. The summed E-state index contributed by atoms with van der Waals surface area (Å²) in [6.07, 6.45) is 0. The number of hydrogen-bond donors (Lipinski definition) is 3. The van der Waals surface area contributed by atoms with Crippen molar-refractivity contribution in [2.24, 2.45) is 5.84 Å². The molecule has 1 amide bonds. The molecule has 4 N–H and O–H groups in total. The quantitative estimate of drug-likeness (QED) is 0.584. The van der Waals surface area contributed by atoms with E-state index >= 15 is 0 Å². The van der Waals surface area contributed by atoms with Crippen LogP contribution in [0.3, 0.4) is 0 Å². The average Bonchev–Trinajstić information content (AvgIpc) is 2.49. The first-order valence-corrected chi connectivity index (χ1v) is 6.45. The van der Waals surface area contributed by atoms with Gasteiger partial charge in [-0.3, -0.25) is 10.6 Å². The standard InChI is InChI=1S/C15H16FN3O2/c1-2-21-11-8-6-10(7-9-11)18-15(20)12-4-3-5-13(16)14(12)19-17/h3-9,19H,2,17H2,1H3,(H,18,20). The fourth-order valence-corrected chi connectivity index (χ4v) is 1.86. The molecular weight excluding hydrogens is 273 g/mol. The van der Waals surface area contributed by atoms with Gasteiger partial charge in [-0.1, -0.05) is 6.07 Å². The number of carbonyl (C=O) groups is 1. The summed E-state index contributed by atoms with van der Waals surface area (Å²) in [7, 11) is 0. The molecule has 0 spiro atoms. The van der Waals surface area contributed by atoms with Gasteiger partial charge in [-0.15, -0.1) is 0 Å². The lowest BCUT2D eigenvalue weighted by Crippen LogP contribution is -2.18. The third-order valence-electron chi connectivity index (χ3n) is 2.83. The Kier molecular flexibility index (Phi) is 4.73. The van der Waals surface area contributed by atoms with Crippen LogP contribution in [0.15, 0.2) is 42.5 Å². The van der Waals surface area contributed by atoms with E-state index in [-0.39, 0.29) is 11.3 Å². The number of amides is 1. The number of hydrazine groups is 1. The van der Waals surface area contributed by atoms with Crippen molar-refractivity contribution in [2.45, 2.75) is 6.92 Å². The van der Waals surface area contributed by atoms with Gasteiger partial charge >= 0.3 is 0 Å². The summed E-state index contributed by atoms with van der Waals surface area (Å²) < 4.78 is 18.9. The summed E-state index contributed by atoms with van der Waals surface area (Å²) in [6, 6.07) is 11.1. The van der Waals surface area contributed by atoms with Crippen LogP contribution >= 0.6 is 0 Å². The van der Waals surface area contributed by atoms with Gasteiger partial charge in [-0.25, -0.2) is 4.39 Å². The van der Waals surface area contributed by atoms with Crippen LogP contribution in [0.25, 0.3) is 0 Å². The van der Waals surface area contributed by atoms with Crippen molar-refractivity contribution in [1.82, 2.24) is 0 Å². The number of ether oxygens (including phenoxy) is 1. The van der Waals surface area contributed by atoms with Crippen molar-refractivity contribution in [1.29, 1.82) is 0 Å². The van der Waals surface area contributed by atoms with Crippen LogP contribution in [0, 0.1) is 5.82 Å². The highest BCUT2D eigenvalue weighted by molar-refractivity contribution is 6.08. The minimum absolute atomic E-state index is 0.0408. The smallest absolute Gasteiger partial charge is 0.257 e. The summed E-state index contributed by atoms with van der Waals surface area (Å²) >= 11 is 0. The van der Waals surface area contributed by atoms with Crippen LogP contribution in [0.2, 0.25) is 0 Å². The van der Waals surface area contributed by atoms with Crippen molar-refractivity contribution in [3.63, 3.8) is 0 Å². The second-order valence-corrected chi connectivity index (χ2v) is 4.22. The number of anilines is 2. The second-order valence-electron chi connectivity index (χ2n) is 4.22. The predicted molar refractivity (Wildman–Crippen MR) is 79.8 cm³/mol. The Morgan fingerprint density at radius 1 is 1.24 bits per heavy atom. The number of halogens is 1. The molecule has 0 aliphatic rings. The van der Waals surface area contributed by atoms with Crippen LogP contribution in [0.4, 0.5) is 15.8 Å². The summed E-state index contributed by atoms with van der Waals surface area (Å²) in [4.78, 5) is 12.2. The number of benzene rings is 2. The van der Waals surface area contributed by atoms with Crippen molar-refractivity contribution < 1.29 is 13.9 Å². The topological polar surface area (TPSA) is 76.4 Å². The molecule has 0 unspecified atom stereocenters. The van der Waals surface area contributed by atoms with Gasteiger partial charge in [0.05, 0.1) is 17.9 Å². The number of para-hydroxylation sites is 1. The Bertz CT molecular complexity index is 629. The molecule has 6 heteroatoms. The van der Waals surface area contributed by atoms with Gasteiger partial charge in [0, 0.05) is 5.69 Å². The molecule has 5 nitrogen and oxygen atoms in total. The van der Waals surface area contributed by atoms with E-state index in [1.807, 2.05) is 6.92 Å². The monoisotopic (exact) mass is 289 g/mol. The molecule has 2 aromatic rings. The number of nitrogen functional groups attached to an aromatic ring is 1. The maximum absolute atomic E-state index is 13.5. The molecule has 0 fully saturated rings. The van der Waals surface area contributed by atoms with Gasteiger partial charge in [-0.2, -0.15) is 0 Å². The maximum Gasteiger partial charge on any atom is 0.257 e. The van der Waals surface area contributed by atoms with Crippen molar-refractivity contribution in [2.75, 3.05) is 17.3 Å². The van der Waals surface area contributed by atoms with E-state index in [0.717, 1.165) is 0 Å². The summed E-state index contributed by atoms with van der Waals surface area (Å²) in [5.41, 5.74) is 2.87. The zero-order valence-corrected chi connectivity index (χ0v) is 11.5. The van der Waals surface area contributed by atoms with Crippen molar-refractivity contribution in [3.8, 4) is 5.75 Å². The number of rotatable bonds is 5. The van der Waals surface area contributed by atoms with Gasteiger partial charge in [-0.05, 0) is 43.3 Å². The lowest BCUT2D eigenvalue weighted by atomic mass is 10.1. The molecular formula is C15H16FN3O2. The molecule has 0 bridgehead atoms. The predicted octanol–water partition coefficient (Wildman–Crippen LogP) is 2.76. The summed E-state index contributed by atoms with van der Waals surface area (Å²) in [6.45, 7) is 2.46. The normalized spacial score (nSPS) is 10.0. The number of carbonyl (C=O) groups excluding carboxylic acids is 1. The Labute approximate surface area is 121 Å². The lowest BCUT2D eigenvalue weighted by Gasteiger charge is -2.11. The molecule has 21 heavy (non-hydrogen) atoms. The molecule has 2 aromatic carbocycles. The molecule has 0 atom stereocenters. The highest BCUT2D eigenvalue weighted by atomic mass is 19.1. The molecule has 0 saturated heterocycles. The minimum atomic E-state index is -0.586. The molecule has 0 radical (unpaired) electrons. The molecule has 2 rings (SSSR count). The Morgan fingerprint density at radius 2 is 1.95 bits per heavy atom. The van der Waals surface area contributed by atoms with Gasteiger partial charge < -0.3 is 15.5 Å².